The average molecular weight is 492 g/mol. The second-order valence-corrected chi connectivity index (χ2v) is 11.5. The van der Waals surface area contributed by atoms with Gasteiger partial charge in [-0.05, 0) is 57.6 Å². The first-order valence-electron chi connectivity index (χ1n) is 12.2. The van der Waals surface area contributed by atoms with Crippen LogP contribution in [0, 0.1) is 24.2 Å². The number of ketones is 1. The van der Waals surface area contributed by atoms with E-state index < -0.39 is 35.6 Å². The third kappa shape index (κ3) is 7.59. The fourth-order valence-corrected chi connectivity index (χ4v) is 4.97. The number of carbonyl (C=O) groups is 2. The van der Waals surface area contributed by atoms with Crippen LogP contribution in [-0.2, 0) is 14.3 Å². The summed E-state index contributed by atoms with van der Waals surface area (Å²) in [5.74, 6) is -1.49. The van der Waals surface area contributed by atoms with Gasteiger partial charge in [-0.3, -0.25) is 9.59 Å². The Hall–Kier alpha value is -1.83. The maximum absolute atomic E-state index is 13.2. The third-order valence-electron chi connectivity index (χ3n) is 7.04. The van der Waals surface area contributed by atoms with E-state index >= 15 is 0 Å². The van der Waals surface area contributed by atoms with Crippen LogP contribution in [0.4, 0.5) is 0 Å². The van der Waals surface area contributed by atoms with Crippen LogP contribution < -0.4 is 0 Å². The Morgan fingerprint density at radius 1 is 1.24 bits per heavy atom. The van der Waals surface area contributed by atoms with Gasteiger partial charge in [-0.15, -0.1) is 11.3 Å². The van der Waals surface area contributed by atoms with Crippen molar-refractivity contribution in [2.75, 3.05) is 0 Å². The zero-order chi connectivity index (χ0) is 25.6. The first-order valence-corrected chi connectivity index (χ1v) is 13.1. The van der Waals surface area contributed by atoms with E-state index in [9.17, 15) is 19.8 Å². The Labute approximate surface area is 208 Å². The largest absolute Gasteiger partial charge is 0.457 e. The van der Waals surface area contributed by atoms with E-state index in [-0.39, 0.29) is 18.1 Å². The zero-order valence-corrected chi connectivity index (χ0v) is 22.4. The van der Waals surface area contributed by atoms with Crippen molar-refractivity contribution < 1.29 is 24.5 Å². The number of hydrogen-bond acceptors (Lipinski definition) is 7. The van der Waals surface area contributed by atoms with Crippen molar-refractivity contribution >= 4 is 29.2 Å². The minimum atomic E-state index is -1.21. The lowest BCUT2D eigenvalue weighted by Crippen LogP contribution is -2.45. The van der Waals surface area contributed by atoms with Gasteiger partial charge >= 0.3 is 5.97 Å². The van der Waals surface area contributed by atoms with Crippen LogP contribution >= 0.6 is 11.3 Å². The Balaban J connectivity index is 2.33. The van der Waals surface area contributed by atoms with E-state index in [1.165, 1.54) is 5.57 Å². The maximum Gasteiger partial charge on any atom is 0.309 e. The highest BCUT2D eigenvalue weighted by Gasteiger charge is 2.42. The molecule has 0 saturated carbocycles. The number of nitrogens with zero attached hydrogens (tertiary/aromatic N) is 1. The van der Waals surface area contributed by atoms with Crippen molar-refractivity contribution in [2.45, 2.75) is 98.9 Å². The minimum absolute atomic E-state index is 0.0444. The number of aliphatic hydroxyl groups excluding tert-OH is 2. The number of rotatable bonds is 2. The predicted molar refractivity (Wildman–Crippen MR) is 136 cm³/mol. The van der Waals surface area contributed by atoms with E-state index in [0.717, 1.165) is 35.5 Å². The van der Waals surface area contributed by atoms with Crippen LogP contribution in [0.1, 0.15) is 84.3 Å². The summed E-state index contributed by atoms with van der Waals surface area (Å²) in [5.41, 5.74) is 1.71. The molecule has 0 fully saturated rings. The van der Waals surface area contributed by atoms with E-state index in [4.69, 9.17) is 4.74 Å². The van der Waals surface area contributed by atoms with Crippen LogP contribution in [0.2, 0.25) is 0 Å². The van der Waals surface area contributed by atoms with Crippen molar-refractivity contribution in [3.63, 3.8) is 0 Å². The number of aromatic nitrogens is 1. The van der Waals surface area contributed by atoms with Gasteiger partial charge in [0.25, 0.3) is 0 Å². The molecule has 1 aliphatic rings. The molecular formula is C27H41NO5S. The lowest BCUT2D eigenvalue weighted by molar-refractivity contribution is -0.154. The smallest absolute Gasteiger partial charge is 0.309 e. The highest BCUT2D eigenvalue weighted by molar-refractivity contribution is 7.09. The highest BCUT2D eigenvalue weighted by atomic mass is 32.1. The monoisotopic (exact) mass is 491 g/mol. The SMILES string of the molecule is C/C1=C/CC(/C(C)=C/c2csc(C)n2)OC(=O)C[C@H](O)C(C)(C)C(=O)[C@H](C)[C@@H](O)[C@H](C)CCC1. The molecule has 7 heteroatoms. The Morgan fingerprint density at radius 3 is 2.53 bits per heavy atom. The number of thiazole rings is 1. The van der Waals surface area contributed by atoms with E-state index in [1.54, 1.807) is 32.1 Å². The second kappa shape index (κ2) is 12.2. The molecule has 0 aromatic carbocycles. The number of hydrogen-bond donors (Lipinski definition) is 2. The molecule has 0 spiro atoms. The molecule has 0 bridgehead atoms. The fourth-order valence-electron chi connectivity index (χ4n) is 4.40. The van der Waals surface area contributed by atoms with Gasteiger partial charge in [-0.2, -0.15) is 0 Å². The molecule has 1 aliphatic heterocycles. The summed E-state index contributed by atoms with van der Waals surface area (Å²) < 4.78 is 5.81. The van der Waals surface area contributed by atoms with Gasteiger partial charge in [-0.25, -0.2) is 4.98 Å². The lowest BCUT2D eigenvalue weighted by atomic mass is 9.73. The molecule has 6 nitrogen and oxygen atoms in total. The number of Topliss-reactive ketones (excluding diaryl/α,β-unsaturated/α-hetero) is 1. The van der Waals surface area contributed by atoms with E-state index in [2.05, 4.69) is 18.0 Å². The van der Waals surface area contributed by atoms with Gasteiger partial charge in [-0.1, -0.05) is 39.3 Å². The number of aryl methyl sites for hydroxylation is 1. The number of allylic oxidation sites excluding steroid dienone is 1. The van der Waals surface area contributed by atoms with Crippen molar-refractivity contribution in [3.05, 3.63) is 33.3 Å². The number of ether oxygens (including phenoxy) is 1. The summed E-state index contributed by atoms with van der Waals surface area (Å²) in [6, 6.07) is 0. The van der Waals surface area contributed by atoms with Crippen LogP contribution in [0.5, 0.6) is 0 Å². The fraction of sp³-hybridized carbons (Fsp3) is 0.667. The summed E-state index contributed by atoms with van der Waals surface area (Å²) in [7, 11) is 0. The molecule has 2 heterocycles. The van der Waals surface area contributed by atoms with Gasteiger partial charge < -0.3 is 14.9 Å². The lowest BCUT2D eigenvalue weighted by Gasteiger charge is -2.34. The molecule has 0 amide bonds. The molecule has 0 aliphatic carbocycles. The molecule has 34 heavy (non-hydrogen) atoms. The number of cyclic esters (lactones) is 1. The van der Waals surface area contributed by atoms with E-state index in [0.29, 0.717) is 6.42 Å². The predicted octanol–water partition coefficient (Wildman–Crippen LogP) is 5.27. The Bertz CT molecular complexity index is 916. The minimum Gasteiger partial charge on any atom is -0.457 e. The quantitative estimate of drug-likeness (QED) is 0.432. The number of aliphatic hydroxyl groups is 2. The van der Waals surface area contributed by atoms with Gasteiger partial charge in [0, 0.05) is 17.7 Å². The van der Waals surface area contributed by atoms with Crippen molar-refractivity contribution in [1.82, 2.24) is 4.98 Å². The van der Waals surface area contributed by atoms with Gasteiger partial charge in [0.05, 0.1) is 34.7 Å². The highest BCUT2D eigenvalue weighted by Crippen LogP contribution is 2.32. The van der Waals surface area contributed by atoms with Gasteiger partial charge in [0.15, 0.2) is 0 Å². The van der Waals surface area contributed by atoms with Crippen molar-refractivity contribution in [3.8, 4) is 0 Å². The summed E-state index contributed by atoms with van der Waals surface area (Å²) >= 11 is 1.56. The standard InChI is InChI=1S/C27H41NO5S/c1-16-9-8-10-17(2)25(31)19(4)26(32)27(6,7)23(29)14-24(30)33-22(12-11-16)18(3)13-21-15-34-20(5)28-21/h11,13,15,17,19,22-23,25,29,31H,8-10,12,14H2,1-7H3/b16-11-,18-13+/t17-,19-,22?,23+,25+/m1/s1. The van der Waals surface area contributed by atoms with Crippen LogP contribution in [0.15, 0.2) is 22.6 Å². The molecule has 190 valence electrons. The second-order valence-electron chi connectivity index (χ2n) is 10.4. The average Bonchev–Trinajstić information content (AvgIpc) is 3.18. The third-order valence-corrected chi connectivity index (χ3v) is 7.83. The van der Waals surface area contributed by atoms with Crippen molar-refractivity contribution in [2.24, 2.45) is 17.3 Å². The summed E-state index contributed by atoms with van der Waals surface area (Å²) in [6.45, 7) is 12.8. The molecule has 1 unspecified atom stereocenters. The number of esters is 1. The molecule has 5 atom stereocenters. The van der Waals surface area contributed by atoms with E-state index in [1.807, 2.05) is 32.2 Å². The molecule has 2 rings (SSSR count). The topological polar surface area (TPSA) is 96.7 Å². The number of carbonyl (C=O) groups excluding carboxylic acids is 2. The van der Waals surface area contributed by atoms with Gasteiger partial charge in [0.2, 0.25) is 0 Å². The van der Waals surface area contributed by atoms with Crippen LogP contribution in [0.25, 0.3) is 6.08 Å². The van der Waals surface area contributed by atoms with Gasteiger partial charge in [0.1, 0.15) is 11.9 Å². The summed E-state index contributed by atoms with van der Waals surface area (Å²) in [5, 5.41) is 24.5. The first-order chi connectivity index (χ1) is 15.8. The van der Waals surface area contributed by atoms with Crippen LogP contribution in [-0.4, -0.2) is 45.3 Å². The molecule has 1 aromatic heterocycles. The molecule has 1 aromatic rings. The van der Waals surface area contributed by atoms with Crippen molar-refractivity contribution in [1.29, 1.82) is 0 Å². The maximum atomic E-state index is 13.2. The Kier molecular flexibility index (Phi) is 10.2. The summed E-state index contributed by atoms with van der Waals surface area (Å²) in [6.07, 6.45) is 4.33. The molecule has 0 saturated heterocycles. The summed E-state index contributed by atoms with van der Waals surface area (Å²) in [4.78, 5) is 30.5. The normalized spacial score (nSPS) is 32.1. The molecule has 2 N–H and O–H groups in total. The molecule has 0 radical (unpaired) electrons. The first kappa shape index (κ1) is 28.4. The zero-order valence-electron chi connectivity index (χ0n) is 21.6. The Morgan fingerprint density at radius 2 is 1.91 bits per heavy atom. The molecular weight excluding hydrogens is 450 g/mol. The van der Waals surface area contributed by atoms with Crippen LogP contribution in [0.3, 0.4) is 0 Å².